The number of nitrogens with zero attached hydrogens (tertiary/aromatic N) is 3. The van der Waals surface area contributed by atoms with Crippen LogP contribution in [0.2, 0.25) is 5.15 Å². The standard InChI is InChI=1S/C10H10ClF4N3O/c11-8-7(9(12)13)16-3-6(17-8)18-2-1-10(14,15)5(19)4-18/h3,5,9,19H,1-2,4H2. The second-order valence-electron chi connectivity index (χ2n) is 4.18. The van der Waals surface area contributed by atoms with Crippen LogP contribution in [0.4, 0.5) is 23.4 Å². The number of halogens is 5. The van der Waals surface area contributed by atoms with E-state index in [9.17, 15) is 22.7 Å². The highest BCUT2D eigenvalue weighted by Crippen LogP contribution is 2.31. The number of anilines is 1. The van der Waals surface area contributed by atoms with E-state index in [0.717, 1.165) is 6.20 Å². The number of aliphatic hydroxyl groups excluding tert-OH is 1. The molecule has 4 nitrogen and oxygen atoms in total. The first kappa shape index (κ1) is 14.3. The summed E-state index contributed by atoms with van der Waals surface area (Å²) in [6.45, 7) is -0.421. The molecule has 0 saturated carbocycles. The molecule has 1 fully saturated rings. The van der Waals surface area contributed by atoms with Crippen LogP contribution < -0.4 is 4.90 Å². The lowest BCUT2D eigenvalue weighted by atomic mass is 10.0. The fourth-order valence-corrected chi connectivity index (χ4v) is 1.98. The molecule has 0 aliphatic carbocycles. The molecule has 0 bridgehead atoms. The molecule has 1 aliphatic rings. The summed E-state index contributed by atoms with van der Waals surface area (Å²) in [5.41, 5.74) is -0.659. The fourth-order valence-electron chi connectivity index (χ4n) is 1.76. The minimum Gasteiger partial charge on any atom is -0.385 e. The maximum atomic E-state index is 13.1. The average Bonchev–Trinajstić information content (AvgIpc) is 2.32. The molecule has 1 aliphatic heterocycles. The van der Waals surface area contributed by atoms with Crippen molar-refractivity contribution in [1.29, 1.82) is 0 Å². The molecule has 1 aromatic rings. The van der Waals surface area contributed by atoms with E-state index in [0.29, 0.717) is 0 Å². The summed E-state index contributed by atoms with van der Waals surface area (Å²) < 4.78 is 51.0. The molecular formula is C10H10ClF4N3O. The van der Waals surface area contributed by atoms with Gasteiger partial charge in [0.25, 0.3) is 12.3 Å². The Morgan fingerprint density at radius 3 is 2.68 bits per heavy atom. The Morgan fingerprint density at radius 1 is 1.47 bits per heavy atom. The molecule has 2 heterocycles. The minimum absolute atomic E-state index is 0.0664. The van der Waals surface area contributed by atoms with Crippen molar-refractivity contribution in [2.24, 2.45) is 0 Å². The average molecular weight is 300 g/mol. The van der Waals surface area contributed by atoms with Crippen LogP contribution in [0.1, 0.15) is 18.5 Å². The molecular weight excluding hydrogens is 290 g/mol. The quantitative estimate of drug-likeness (QED) is 0.851. The lowest BCUT2D eigenvalue weighted by Crippen LogP contribution is -2.51. The molecule has 0 amide bonds. The summed E-state index contributed by atoms with van der Waals surface area (Å²) >= 11 is 5.55. The van der Waals surface area contributed by atoms with Crippen molar-refractivity contribution >= 4 is 17.4 Å². The van der Waals surface area contributed by atoms with E-state index >= 15 is 0 Å². The Labute approximate surface area is 111 Å². The molecule has 0 radical (unpaired) electrons. The first-order chi connectivity index (χ1) is 8.81. The predicted octanol–water partition coefficient (Wildman–Crippen LogP) is 2.27. The lowest BCUT2D eigenvalue weighted by molar-refractivity contribution is -0.118. The van der Waals surface area contributed by atoms with Crippen molar-refractivity contribution in [2.45, 2.75) is 24.9 Å². The predicted molar refractivity (Wildman–Crippen MR) is 59.8 cm³/mol. The number of rotatable bonds is 2. The second-order valence-corrected chi connectivity index (χ2v) is 4.54. The van der Waals surface area contributed by atoms with Gasteiger partial charge < -0.3 is 10.0 Å². The normalized spacial score (nSPS) is 22.9. The van der Waals surface area contributed by atoms with Crippen LogP contribution in [-0.4, -0.2) is 40.2 Å². The highest BCUT2D eigenvalue weighted by Gasteiger charge is 2.43. The van der Waals surface area contributed by atoms with Crippen LogP contribution in [0, 0.1) is 0 Å². The van der Waals surface area contributed by atoms with Crippen LogP contribution in [0.5, 0.6) is 0 Å². The summed E-state index contributed by atoms with van der Waals surface area (Å²) in [7, 11) is 0. The van der Waals surface area contributed by atoms with Crippen LogP contribution >= 0.6 is 11.6 Å². The zero-order valence-corrected chi connectivity index (χ0v) is 10.3. The molecule has 1 saturated heterocycles. The van der Waals surface area contributed by atoms with Gasteiger partial charge in [0.05, 0.1) is 12.7 Å². The van der Waals surface area contributed by atoms with Crippen molar-refractivity contribution < 1.29 is 22.7 Å². The summed E-state index contributed by atoms with van der Waals surface area (Å²) in [4.78, 5) is 8.48. The zero-order valence-electron chi connectivity index (χ0n) is 9.53. The summed E-state index contributed by atoms with van der Waals surface area (Å²) in [5, 5.41) is 8.82. The molecule has 1 unspecified atom stereocenters. The van der Waals surface area contributed by atoms with Gasteiger partial charge in [0, 0.05) is 13.0 Å². The Morgan fingerprint density at radius 2 is 2.16 bits per heavy atom. The minimum atomic E-state index is -3.16. The van der Waals surface area contributed by atoms with E-state index < -0.39 is 35.7 Å². The molecule has 9 heteroatoms. The van der Waals surface area contributed by atoms with E-state index in [1.807, 2.05) is 0 Å². The number of aliphatic hydroxyl groups is 1. The molecule has 1 atom stereocenters. The van der Waals surface area contributed by atoms with Crippen LogP contribution in [-0.2, 0) is 0 Å². The van der Waals surface area contributed by atoms with Gasteiger partial charge in [-0.25, -0.2) is 27.5 Å². The van der Waals surface area contributed by atoms with E-state index in [1.54, 1.807) is 0 Å². The van der Waals surface area contributed by atoms with Crippen LogP contribution in [0.15, 0.2) is 6.20 Å². The van der Waals surface area contributed by atoms with Gasteiger partial charge in [0.2, 0.25) is 0 Å². The summed E-state index contributed by atoms with van der Waals surface area (Å²) in [6, 6.07) is 0. The van der Waals surface area contributed by atoms with Gasteiger partial charge in [-0.3, -0.25) is 0 Å². The third-order valence-electron chi connectivity index (χ3n) is 2.87. The molecule has 1 aromatic heterocycles. The van der Waals surface area contributed by atoms with Crippen molar-refractivity contribution in [3.63, 3.8) is 0 Å². The molecule has 1 N–H and O–H groups in total. The van der Waals surface area contributed by atoms with Gasteiger partial charge in [0.15, 0.2) is 5.15 Å². The lowest BCUT2D eigenvalue weighted by Gasteiger charge is -2.36. The number of piperidine rings is 1. The van der Waals surface area contributed by atoms with Crippen molar-refractivity contribution in [3.05, 3.63) is 17.0 Å². The van der Waals surface area contributed by atoms with Crippen molar-refractivity contribution in [3.8, 4) is 0 Å². The van der Waals surface area contributed by atoms with E-state index in [2.05, 4.69) is 9.97 Å². The number of hydrogen-bond donors (Lipinski definition) is 1. The van der Waals surface area contributed by atoms with Gasteiger partial charge in [-0.2, -0.15) is 0 Å². The van der Waals surface area contributed by atoms with Crippen LogP contribution in [0.25, 0.3) is 0 Å². The van der Waals surface area contributed by atoms with Gasteiger partial charge in [-0.05, 0) is 0 Å². The topological polar surface area (TPSA) is 49.2 Å². The smallest absolute Gasteiger partial charge is 0.283 e. The third kappa shape index (κ3) is 2.89. The van der Waals surface area contributed by atoms with Crippen molar-refractivity contribution in [1.82, 2.24) is 9.97 Å². The Balaban J connectivity index is 2.18. The molecule has 0 spiro atoms. The second kappa shape index (κ2) is 5.09. The van der Waals surface area contributed by atoms with E-state index in [-0.39, 0.29) is 18.9 Å². The van der Waals surface area contributed by atoms with Gasteiger partial charge in [0.1, 0.15) is 17.6 Å². The number of aromatic nitrogens is 2. The Hall–Kier alpha value is -1.15. The number of alkyl halides is 4. The summed E-state index contributed by atoms with van der Waals surface area (Å²) in [5.74, 6) is -3.07. The van der Waals surface area contributed by atoms with Gasteiger partial charge in [-0.1, -0.05) is 11.6 Å². The first-order valence-electron chi connectivity index (χ1n) is 5.42. The molecule has 106 valence electrons. The van der Waals surface area contributed by atoms with Crippen LogP contribution in [0.3, 0.4) is 0 Å². The first-order valence-corrected chi connectivity index (χ1v) is 5.80. The Kier molecular flexibility index (Phi) is 3.82. The maximum absolute atomic E-state index is 13.1. The Bertz CT molecular complexity index is 474. The molecule has 0 aromatic carbocycles. The SMILES string of the molecule is OC1CN(c2cnc(C(F)F)c(Cl)n2)CCC1(F)F. The van der Waals surface area contributed by atoms with E-state index in [4.69, 9.17) is 11.6 Å². The highest BCUT2D eigenvalue weighted by atomic mass is 35.5. The number of β-amino-alcohol motifs (C(OH)–C–C–N with tert-alkyl or cyclic N) is 1. The third-order valence-corrected chi connectivity index (χ3v) is 3.15. The maximum Gasteiger partial charge on any atom is 0.283 e. The van der Waals surface area contributed by atoms with Gasteiger partial charge in [-0.15, -0.1) is 0 Å². The van der Waals surface area contributed by atoms with E-state index in [1.165, 1.54) is 4.90 Å². The molecule has 2 rings (SSSR count). The van der Waals surface area contributed by atoms with Crippen molar-refractivity contribution in [2.75, 3.05) is 18.0 Å². The molecule has 19 heavy (non-hydrogen) atoms. The number of hydrogen-bond acceptors (Lipinski definition) is 4. The highest BCUT2D eigenvalue weighted by molar-refractivity contribution is 6.30. The zero-order chi connectivity index (χ0) is 14.2. The summed E-state index contributed by atoms with van der Waals surface area (Å²) in [6.07, 6.45) is -4.21. The fraction of sp³-hybridized carbons (Fsp3) is 0.600. The largest absolute Gasteiger partial charge is 0.385 e. The monoisotopic (exact) mass is 299 g/mol. The van der Waals surface area contributed by atoms with Gasteiger partial charge >= 0.3 is 0 Å².